The lowest BCUT2D eigenvalue weighted by Crippen LogP contribution is -2.43. The van der Waals surface area contributed by atoms with Crippen LogP contribution in [0.15, 0.2) is 12.4 Å². The van der Waals surface area contributed by atoms with E-state index in [-0.39, 0.29) is 12.5 Å². The molecule has 1 aromatic rings. The fourth-order valence-electron chi connectivity index (χ4n) is 2.75. The maximum atomic E-state index is 11.9. The number of rotatable bonds is 3. The molecule has 5 heteroatoms. The van der Waals surface area contributed by atoms with Crippen LogP contribution >= 0.6 is 0 Å². The van der Waals surface area contributed by atoms with Crippen LogP contribution in [0.4, 0.5) is 5.69 Å². The second-order valence-corrected chi connectivity index (χ2v) is 5.54. The predicted molar refractivity (Wildman–Crippen MR) is 70.7 cm³/mol. The number of nitrogen functional groups attached to an aromatic ring is 1. The summed E-state index contributed by atoms with van der Waals surface area (Å²) in [6.07, 6.45) is 6.70. The molecule has 1 aromatic heterocycles. The second-order valence-electron chi connectivity index (χ2n) is 5.54. The maximum absolute atomic E-state index is 11.9. The van der Waals surface area contributed by atoms with Crippen molar-refractivity contribution >= 4 is 11.6 Å². The Hall–Kier alpha value is -1.52. The maximum Gasteiger partial charge on any atom is 0.241 e. The Kier molecular flexibility index (Phi) is 3.89. The third-order valence-electron chi connectivity index (χ3n) is 3.74. The van der Waals surface area contributed by atoms with Crippen molar-refractivity contribution in [1.82, 2.24) is 15.1 Å². The van der Waals surface area contributed by atoms with Gasteiger partial charge in [-0.2, -0.15) is 5.10 Å². The minimum Gasteiger partial charge on any atom is -0.396 e. The molecule has 1 amide bonds. The van der Waals surface area contributed by atoms with Crippen LogP contribution in [0.1, 0.15) is 33.1 Å². The molecule has 3 N–H and O–H groups in total. The van der Waals surface area contributed by atoms with Crippen molar-refractivity contribution in [2.24, 2.45) is 11.8 Å². The molecule has 1 fully saturated rings. The lowest BCUT2D eigenvalue weighted by Gasteiger charge is -2.33. The highest BCUT2D eigenvalue weighted by Gasteiger charge is 2.26. The van der Waals surface area contributed by atoms with Crippen LogP contribution in [0.2, 0.25) is 0 Å². The monoisotopic (exact) mass is 250 g/mol. The van der Waals surface area contributed by atoms with Gasteiger partial charge in [0.1, 0.15) is 6.54 Å². The highest BCUT2D eigenvalue weighted by Crippen LogP contribution is 2.28. The Bertz CT molecular complexity index is 415. The molecule has 0 aliphatic heterocycles. The largest absolute Gasteiger partial charge is 0.396 e. The fourth-order valence-corrected chi connectivity index (χ4v) is 2.75. The molecule has 0 saturated heterocycles. The summed E-state index contributed by atoms with van der Waals surface area (Å²) >= 11 is 0. The van der Waals surface area contributed by atoms with Gasteiger partial charge < -0.3 is 11.1 Å². The third kappa shape index (κ3) is 3.24. The smallest absolute Gasteiger partial charge is 0.241 e. The van der Waals surface area contributed by atoms with Gasteiger partial charge in [-0.3, -0.25) is 9.48 Å². The molecule has 0 aromatic carbocycles. The molecule has 1 saturated carbocycles. The van der Waals surface area contributed by atoms with E-state index in [4.69, 9.17) is 5.73 Å². The quantitative estimate of drug-likeness (QED) is 0.851. The molecule has 2 rings (SSSR count). The van der Waals surface area contributed by atoms with Crippen LogP contribution < -0.4 is 11.1 Å². The molecule has 18 heavy (non-hydrogen) atoms. The molecule has 3 unspecified atom stereocenters. The summed E-state index contributed by atoms with van der Waals surface area (Å²) in [6.45, 7) is 4.74. The van der Waals surface area contributed by atoms with Crippen molar-refractivity contribution in [3.05, 3.63) is 12.4 Å². The van der Waals surface area contributed by atoms with Crippen molar-refractivity contribution in [1.29, 1.82) is 0 Å². The zero-order chi connectivity index (χ0) is 13.1. The summed E-state index contributed by atoms with van der Waals surface area (Å²) in [5, 5.41) is 7.12. The van der Waals surface area contributed by atoms with Gasteiger partial charge in [-0.25, -0.2) is 0 Å². The fraction of sp³-hybridized carbons (Fsp3) is 0.692. The summed E-state index contributed by atoms with van der Waals surface area (Å²) in [7, 11) is 0. The van der Waals surface area contributed by atoms with Crippen LogP contribution in [0.5, 0.6) is 0 Å². The van der Waals surface area contributed by atoms with Gasteiger partial charge in [-0.05, 0) is 31.1 Å². The van der Waals surface area contributed by atoms with Gasteiger partial charge in [0.25, 0.3) is 0 Å². The minimum atomic E-state index is 0.0181. The molecule has 3 atom stereocenters. The molecule has 0 bridgehead atoms. The first-order chi connectivity index (χ1) is 8.54. The van der Waals surface area contributed by atoms with Crippen LogP contribution in [0.25, 0.3) is 0 Å². The Labute approximate surface area is 108 Å². The van der Waals surface area contributed by atoms with Gasteiger partial charge in [0.05, 0.1) is 11.9 Å². The van der Waals surface area contributed by atoms with Crippen LogP contribution in [0.3, 0.4) is 0 Å². The SMILES string of the molecule is CC1CCC(NC(=O)Cn2cc(N)cn2)C(C)C1. The summed E-state index contributed by atoms with van der Waals surface area (Å²) in [4.78, 5) is 11.9. The van der Waals surface area contributed by atoms with Crippen LogP contribution in [0, 0.1) is 11.8 Å². The first-order valence-corrected chi connectivity index (χ1v) is 6.62. The molecule has 5 nitrogen and oxygen atoms in total. The summed E-state index contributed by atoms with van der Waals surface area (Å²) in [6, 6.07) is 0.307. The van der Waals surface area contributed by atoms with E-state index in [0.717, 1.165) is 12.3 Å². The number of hydrogen-bond donors (Lipinski definition) is 2. The van der Waals surface area contributed by atoms with E-state index < -0.39 is 0 Å². The Balaban J connectivity index is 1.84. The molecule has 0 spiro atoms. The third-order valence-corrected chi connectivity index (χ3v) is 3.74. The van der Waals surface area contributed by atoms with Gasteiger partial charge in [0.15, 0.2) is 0 Å². The molecule has 1 aliphatic rings. The van der Waals surface area contributed by atoms with Crippen molar-refractivity contribution in [3.8, 4) is 0 Å². The van der Waals surface area contributed by atoms with E-state index in [1.807, 2.05) is 0 Å². The standard InChI is InChI=1S/C13H22N4O/c1-9-3-4-12(10(2)5-9)16-13(18)8-17-7-11(14)6-15-17/h6-7,9-10,12H,3-5,8,14H2,1-2H3,(H,16,18). The van der Waals surface area contributed by atoms with Gasteiger partial charge in [-0.15, -0.1) is 0 Å². The highest BCUT2D eigenvalue weighted by atomic mass is 16.2. The number of aromatic nitrogens is 2. The zero-order valence-corrected chi connectivity index (χ0v) is 11.1. The minimum absolute atomic E-state index is 0.0181. The number of nitrogens with zero attached hydrogens (tertiary/aromatic N) is 2. The van der Waals surface area contributed by atoms with Crippen molar-refractivity contribution in [3.63, 3.8) is 0 Å². The normalized spacial score (nSPS) is 28.0. The van der Waals surface area contributed by atoms with Crippen molar-refractivity contribution in [2.75, 3.05) is 5.73 Å². The van der Waals surface area contributed by atoms with Gasteiger partial charge in [-0.1, -0.05) is 13.8 Å². The zero-order valence-electron chi connectivity index (χ0n) is 11.1. The number of nitrogens with one attached hydrogen (secondary N) is 1. The van der Waals surface area contributed by atoms with E-state index in [0.29, 0.717) is 17.6 Å². The number of hydrogen-bond acceptors (Lipinski definition) is 3. The molecule has 1 aliphatic carbocycles. The number of nitrogens with two attached hydrogens (primary N) is 1. The molecule has 100 valence electrons. The number of carbonyl (C=O) groups is 1. The van der Waals surface area contributed by atoms with Gasteiger partial charge in [0, 0.05) is 12.2 Å². The van der Waals surface area contributed by atoms with Crippen molar-refractivity contribution < 1.29 is 4.79 Å². The first kappa shape index (κ1) is 12.9. The molecular weight excluding hydrogens is 228 g/mol. The topological polar surface area (TPSA) is 72.9 Å². The Morgan fingerprint density at radius 3 is 2.94 bits per heavy atom. The number of anilines is 1. The van der Waals surface area contributed by atoms with Gasteiger partial charge in [0.2, 0.25) is 5.91 Å². The average molecular weight is 250 g/mol. The number of amides is 1. The lowest BCUT2D eigenvalue weighted by molar-refractivity contribution is -0.123. The summed E-state index contributed by atoms with van der Waals surface area (Å²) in [5.41, 5.74) is 6.15. The van der Waals surface area contributed by atoms with Crippen molar-refractivity contribution in [2.45, 2.75) is 45.7 Å². The summed E-state index contributed by atoms with van der Waals surface area (Å²) in [5.74, 6) is 1.35. The van der Waals surface area contributed by atoms with E-state index in [9.17, 15) is 4.79 Å². The lowest BCUT2D eigenvalue weighted by atomic mass is 9.80. The van der Waals surface area contributed by atoms with Crippen LogP contribution in [-0.4, -0.2) is 21.7 Å². The summed E-state index contributed by atoms with van der Waals surface area (Å²) < 4.78 is 1.57. The van der Waals surface area contributed by atoms with E-state index >= 15 is 0 Å². The number of carbonyl (C=O) groups excluding carboxylic acids is 1. The predicted octanol–water partition coefficient (Wildman–Crippen LogP) is 1.41. The molecular formula is C13H22N4O. The van der Waals surface area contributed by atoms with E-state index in [1.54, 1.807) is 17.1 Å². The Morgan fingerprint density at radius 1 is 1.56 bits per heavy atom. The molecule has 1 heterocycles. The van der Waals surface area contributed by atoms with E-state index in [1.165, 1.54) is 12.8 Å². The van der Waals surface area contributed by atoms with E-state index in [2.05, 4.69) is 24.3 Å². The first-order valence-electron chi connectivity index (χ1n) is 6.62. The second kappa shape index (κ2) is 5.42. The average Bonchev–Trinajstić information content (AvgIpc) is 2.68. The van der Waals surface area contributed by atoms with Gasteiger partial charge >= 0.3 is 0 Å². The van der Waals surface area contributed by atoms with Crippen LogP contribution in [-0.2, 0) is 11.3 Å². The Morgan fingerprint density at radius 2 is 2.33 bits per heavy atom. The highest BCUT2D eigenvalue weighted by molar-refractivity contribution is 5.76. The molecule has 0 radical (unpaired) electrons.